The summed E-state index contributed by atoms with van der Waals surface area (Å²) in [7, 11) is 1.80. The van der Waals surface area contributed by atoms with E-state index in [9.17, 15) is 9.59 Å². The van der Waals surface area contributed by atoms with Crippen LogP contribution in [0.3, 0.4) is 0 Å². The van der Waals surface area contributed by atoms with Crippen molar-refractivity contribution in [3.8, 4) is 17.0 Å². The van der Waals surface area contributed by atoms with E-state index in [4.69, 9.17) is 23.9 Å². The molecule has 0 atom stereocenters. The molecule has 0 saturated heterocycles. The summed E-state index contributed by atoms with van der Waals surface area (Å²) in [6.07, 6.45) is 2.12. The summed E-state index contributed by atoms with van der Waals surface area (Å²) in [5, 5.41) is 4.45. The van der Waals surface area contributed by atoms with Crippen LogP contribution in [0.4, 0.5) is 19.9 Å². The van der Waals surface area contributed by atoms with Gasteiger partial charge in [0.1, 0.15) is 29.4 Å². The zero-order chi connectivity index (χ0) is 32.0. The zero-order valence-corrected chi connectivity index (χ0v) is 26.2. The van der Waals surface area contributed by atoms with Crippen molar-refractivity contribution in [3.05, 3.63) is 58.9 Å². The molecular weight excluding hydrogens is 571 g/mol. The fourth-order valence-corrected chi connectivity index (χ4v) is 4.92. The number of nitrogens with zero attached hydrogens (tertiary/aromatic N) is 6. The summed E-state index contributed by atoms with van der Waals surface area (Å²) in [5.41, 5.74) is 2.33. The molecule has 0 N–H and O–H groups in total. The molecule has 0 fully saturated rings. The van der Waals surface area contributed by atoms with Gasteiger partial charge in [-0.3, -0.25) is 9.08 Å². The Labute approximate surface area is 254 Å². The van der Waals surface area contributed by atoms with Gasteiger partial charge < -0.3 is 18.9 Å². The van der Waals surface area contributed by atoms with E-state index >= 15 is 4.39 Å². The molecule has 4 aromatic rings. The van der Waals surface area contributed by atoms with E-state index in [1.165, 1.54) is 11.0 Å². The molecule has 1 amide bonds. The van der Waals surface area contributed by atoms with Crippen LogP contribution in [-0.2, 0) is 40.8 Å². The predicted octanol–water partition coefficient (Wildman–Crippen LogP) is 5.91. The Bertz CT molecular complexity index is 1730. The van der Waals surface area contributed by atoms with Crippen LogP contribution in [0.15, 0.2) is 30.6 Å². The minimum atomic E-state index is -0.846. The van der Waals surface area contributed by atoms with Crippen molar-refractivity contribution in [2.75, 3.05) is 11.5 Å². The van der Waals surface area contributed by atoms with Crippen LogP contribution >= 0.6 is 0 Å². The molecule has 5 rings (SSSR count). The van der Waals surface area contributed by atoms with E-state index in [1.807, 2.05) is 13.0 Å². The monoisotopic (exact) mass is 608 g/mol. The molecule has 0 aliphatic carbocycles. The predicted molar refractivity (Wildman–Crippen MR) is 159 cm³/mol. The molecule has 0 saturated carbocycles. The number of hydrogen-bond donors (Lipinski definition) is 0. The lowest BCUT2D eigenvalue weighted by molar-refractivity contribution is -0.0112. The van der Waals surface area contributed by atoms with E-state index < -0.39 is 29.3 Å². The largest absolute Gasteiger partial charge is 0.509 e. The maximum atomic E-state index is 15.3. The standard InChI is InChI=1S/C31H37FN6O6/c1-18-13-24(36(8)35-18)21-14-33-27(37-15-19(34-26(21)37)17-42-29(40)44-31(5,6)7)38(28(39)43-30(2,3)4)16-22-20-11-12-41-25(20)10-9-23(22)32/h9-10,13-15H,11-12,16-17H2,1-8H3. The number of aryl methyl sites for hydroxylation is 2. The van der Waals surface area contributed by atoms with Crippen molar-refractivity contribution in [1.82, 2.24) is 24.1 Å². The molecule has 0 spiro atoms. The fourth-order valence-electron chi connectivity index (χ4n) is 4.92. The van der Waals surface area contributed by atoms with Crippen LogP contribution in [0.25, 0.3) is 16.9 Å². The number of rotatable bonds is 6. The van der Waals surface area contributed by atoms with Gasteiger partial charge in [0.15, 0.2) is 5.65 Å². The average molecular weight is 609 g/mol. The average Bonchev–Trinajstić information content (AvgIpc) is 3.63. The lowest BCUT2D eigenvalue weighted by atomic mass is 10.0. The Morgan fingerprint density at radius 2 is 1.84 bits per heavy atom. The van der Waals surface area contributed by atoms with Crippen molar-refractivity contribution >= 4 is 23.8 Å². The highest BCUT2D eigenvalue weighted by molar-refractivity contribution is 5.87. The number of imidazole rings is 1. The lowest BCUT2D eigenvalue weighted by Crippen LogP contribution is -2.38. The highest BCUT2D eigenvalue weighted by Crippen LogP contribution is 2.34. The molecule has 1 aliphatic heterocycles. The first-order chi connectivity index (χ1) is 20.6. The Morgan fingerprint density at radius 1 is 1.11 bits per heavy atom. The number of ether oxygens (including phenoxy) is 4. The Balaban J connectivity index is 1.63. The molecule has 1 aliphatic rings. The zero-order valence-electron chi connectivity index (χ0n) is 26.2. The maximum Gasteiger partial charge on any atom is 0.509 e. The number of aromatic nitrogens is 5. The third-order valence-corrected chi connectivity index (χ3v) is 6.64. The minimum Gasteiger partial charge on any atom is -0.493 e. The highest BCUT2D eigenvalue weighted by Gasteiger charge is 2.31. The normalized spacial score (nSPS) is 13.0. The number of carbonyl (C=O) groups is 2. The number of anilines is 1. The van der Waals surface area contributed by atoms with Crippen molar-refractivity contribution in [2.45, 2.75) is 79.2 Å². The maximum absolute atomic E-state index is 15.3. The summed E-state index contributed by atoms with van der Waals surface area (Å²) in [5.74, 6) is 0.233. The van der Waals surface area contributed by atoms with Crippen molar-refractivity contribution in [1.29, 1.82) is 0 Å². The summed E-state index contributed by atoms with van der Waals surface area (Å²) < 4.78 is 40.7. The Hall–Kier alpha value is -4.68. The molecule has 1 aromatic carbocycles. The molecule has 3 aromatic heterocycles. The van der Waals surface area contributed by atoms with Crippen molar-refractivity contribution < 1.29 is 32.9 Å². The second kappa shape index (κ2) is 11.4. The smallest absolute Gasteiger partial charge is 0.493 e. The second-order valence-electron chi connectivity index (χ2n) is 12.6. The number of hydrogen-bond acceptors (Lipinski definition) is 9. The fraction of sp³-hybridized carbons (Fsp3) is 0.452. The number of benzene rings is 1. The Kier molecular flexibility index (Phi) is 8.00. The summed E-state index contributed by atoms with van der Waals surface area (Å²) in [6.45, 7) is 12.4. The first-order valence-corrected chi connectivity index (χ1v) is 14.3. The van der Waals surface area contributed by atoms with Crippen LogP contribution in [0, 0.1) is 12.7 Å². The van der Waals surface area contributed by atoms with Gasteiger partial charge in [-0.25, -0.2) is 28.8 Å². The number of carbonyl (C=O) groups excluding carboxylic acids is 2. The minimum absolute atomic E-state index is 0.129. The number of halogens is 1. The van der Waals surface area contributed by atoms with Crippen molar-refractivity contribution in [3.63, 3.8) is 0 Å². The van der Waals surface area contributed by atoms with Gasteiger partial charge in [0.05, 0.1) is 35.8 Å². The third kappa shape index (κ3) is 6.61. The van der Waals surface area contributed by atoms with E-state index in [0.717, 1.165) is 11.4 Å². The first-order valence-electron chi connectivity index (χ1n) is 14.3. The van der Waals surface area contributed by atoms with Crippen LogP contribution in [0.1, 0.15) is 64.1 Å². The van der Waals surface area contributed by atoms with E-state index in [0.29, 0.717) is 46.8 Å². The van der Waals surface area contributed by atoms with Crippen molar-refractivity contribution in [2.24, 2.45) is 7.05 Å². The summed E-state index contributed by atoms with van der Waals surface area (Å²) >= 11 is 0. The van der Waals surface area contributed by atoms with Crippen LogP contribution in [-0.4, -0.2) is 54.2 Å². The second-order valence-corrected chi connectivity index (χ2v) is 12.6. The first kappa shape index (κ1) is 30.8. The molecule has 44 heavy (non-hydrogen) atoms. The van der Waals surface area contributed by atoms with Crippen LogP contribution in [0.2, 0.25) is 0 Å². The third-order valence-electron chi connectivity index (χ3n) is 6.64. The number of fused-ring (bicyclic) bond motifs is 2. The lowest BCUT2D eigenvalue weighted by Gasteiger charge is -2.28. The summed E-state index contributed by atoms with van der Waals surface area (Å²) in [6, 6.07) is 4.80. The SMILES string of the molecule is Cc1cc(-c2cnc(N(Cc3c(F)ccc4c3CCO4)C(=O)OC(C)(C)C)n3cc(COC(=O)OC(C)(C)C)nc23)n(C)n1. The van der Waals surface area contributed by atoms with Gasteiger partial charge in [0, 0.05) is 37.0 Å². The topological polar surface area (TPSA) is 122 Å². The molecular formula is C31H37FN6O6. The molecule has 234 valence electrons. The quantitative estimate of drug-likeness (QED) is 0.246. The van der Waals surface area contributed by atoms with Gasteiger partial charge in [-0.05, 0) is 66.7 Å². The highest BCUT2D eigenvalue weighted by atomic mass is 19.1. The van der Waals surface area contributed by atoms with E-state index in [-0.39, 0.29) is 19.1 Å². The van der Waals surface area contributed by atoms with Gasteiger partial charge in [-0.15, -0.1) is 0 Å². The Morgan fingerprint density at radius 3 is 2.50 bits per heavy atom. The van der Waals surface area contributed by atoms with Gasteiger partial charge >= 0.3 is 12.2 Å². The van der Waals surface area contributed by atoms with E-state index in [1.54, 1.807) is 76.1 Å². The van der Waals surface area contributed by atoms with Gasteiger partial charge in [0.25, 0.3) is 0 Å². The van der Waals surface area contributed by atoms with Crippen LogP contribution in [0.5, 0.6) is 5.75 Å². The molecule has 0 unspecified atom stereocenters. The molecule has 12 nitrogen and oxygen atoms in total. The summed E-state index contributed by atoms with van der Waals surface area (Å²) in [4.78, 5) is 36.7. The number of amides is 1. The van der Waals surface area contributed by atoms with E-state index in [2.05, 4.69) is 10.1 Å². The molecule has 4 heterocycles. The van der Waals surface area contributed by atoms with Gasteiger partial charge in [-0.2, -0.15) is 5.10 Å². The molecule has 13 heteroatoms. The molecule has 0 radical (unpaired) electrons. The van der Waals surface area contributed by atoms with Crippen LogP contribution < -0.4 is 9.64 Å². The van der Waals surface area contributed by atoms with Gasteiger partial charge in [0.2, 0.25) is 5.95 Å². The van der Waals surface area contributed by atoms with Gasteiger partial charge in [-0.1, -0.05) is 0 Å². The molecule has 0 bridgehead atoms.